The molecule has 0 aromatic heterocycles. The molecule has 0 amide bonds. The summed E-state index contributed by atoms with van der Waals surface area (Å²) in [4.78, 5) is 0. The van der Waals surface area contributed by atoms with Crippen LogP contribution in [0, 0.1) is 0 Å². The molecule has 1 N–H and O–H groups in total. The minimum absolute atomic E-state index is 0.275. The van der Waals surface area contributed by atoms with Gasteiger partial charge in [-0.25, -0.2) is 0 Å². The van der Waals surface area contributed by atoms with Crippen molar-refractivity contribution in [2.75, 3.05) is 19.8 Å². The van der Waals surface area contributed by atoms with Gasteiger partial charge in [0.15, 0.2) is 0 Å². The molecule has 1 fully saturated rings. The number of rotatable bonds is 4. The molecule has 1 aliphatic heterocycles. The normalized spacial score (nSPS) is 16.6. The maximum Gasteiger partial charge on any atom is 0.0557 e. The number of hydrogen-bond donors (Lipinski definition) is 1. The molecule has 1 saturated heterocycles. The second kappa shape index (κ2) is 4.58. The third kappa shape index (κ3) is 2.14. The monoisotopic (exact) mass is 192 g/mol. The summed E-state index contributed by atoms with van der Waals surface area (Å²) in [5.74, 6) is 0.601. The number of aliphatic hydroxyl groups excluding tert-OH is 1. The van der Waals surface area contributed by atoms with Gasteiger partial charge in [-0.05, 0) is 24.0 Å². The highest BCUT2D eigenvalue weighted by Gasteiger charge is 2.20. The zero-order chi connectivity index (χ0) is 9.80. The van der Waals surface area contributed by atoms with Gasteiger partial charge in [0, 0.05) is 12.5 Å². The van der Waals surface area contributed by atoms with Gasteiger partial charge in [-0.2, -0.15) is 0 Å². The molecule has 0 aliphatic carbocycles. The van der Waals surface area contributed by atoms with E-state index < -0.39 is 0 Å². The molecule has 0 spiro atoms. The zero-order valence-electron chi connectivity index (χ0n) is 8.28. The van der Waals surface area contributed by atoms with E-state index in [1.54, 1.807) is 0 Å². The van der Waals surface area contributed by atoms with Crippen molar-refractivity contribution in [1.29, 1.82) is 0 Å². The first-order chi connectivity index (χ1) is 6.90. The van der Waals surface area contributed by atoms with Crippen molar-refractivity contribution in [3.05, 3.63) is 35.4 Å². The van der Waals surface area contributed by atoms with Gasteiger partial charge in [-0.3, -0.25) is 0 Å². The number of benzene rings is 1. The predicted octanol–water partition coefficient (Wildman–Crippen LogP) is 1.73. The van der Waals surface area contributed by atoms with E-state index in [4.69, 9.17) is 9.84 Å². The van der Waals surface area contributed by atoms with Crippen molar-refractivity contribution in [3.8, 4) is 0 Å². The molecule has 1 heterocycles. The molecular formula is C12H16O2. The third-order valence-corrected chi connectivity index (χ3v) is 2.68. The van der Waals surface area contributed by atoms with Crippen molar-refractivity contribution in [1.82, 2.24) is 0 Å². The summed E-state index contributed by atoms with van der Waals surface area (Å²) in [5.41, 5.74) is 2.70. The SMILES string of the molecule is OCCCc1cccc(C2COC2)c1. The van der Waals surface area contributed by atoms with Gasteiger partial charge in [0.1, 0.15) is 0 Å². The maximum atomic E-state index is 8.74. The topological polar surface area (TPSA) is 29.5 Å². The first-order valence-corrected chi connectivity index (χ1v) is 5.17. The Bertz CT molecular complexity index is 292. The summed E-state index contributed by atoms with van der Waals surface area (Å²) >= 11 is 0. The standard InChI is InChI=1S/C12H16O2/c13-6-2-4-10-3-1-5-11(7-10)12-8-14-9-12/h1,3,5,7,12-13H,2,4,6,8-9H2. The van der Waals surface area contributed by atoms with E-state index in [0.29, 0.717) is 5.92 Å². The largest absolute Gasteiger partial charge is 0.396 e. The molecule has 0 saturated carbocycles. The summed E-state index contributed by atoms with van der Waals surface area (Å²) in [6.07, 6.45) is 1.82. The lowest BCUT2D eigenvalue weighted by Gasteiger charge is -2.26. The predicted molar refractivity (Wildman–Crippen MR) is 55.4 cm³/mol. The van der Waals surface area contributed by atoms with Crippen molar-refractivity contribution < 1.29 is 9.84 Å². The van der Waals surface area contributed by atoms with Gasteiger partial charge >= 0.3 is 0 Å². The van der Waals surface area contributed by atoms with E-state index in [1.165, 1.54) is 11.1 Å². The van der Waals surface area contributed by atoms with Crippen molar-refractivity contribution >= 4 is 0 Å². The highest BCUT2D eigenvalue weighted by atomic mass is 16.5. The van der Waals surface area contributed by atoms with Crippen LogP contribution in [0.2, 0.25) is 0 Å². The van der Waals surface area contributed by atoms with Gasteiger partial charge in [0.25, 0.3) is 0 Å². The van der Waals surface area contributed by atoms with Crippen molar-refractivity contribution in [2.24, 2.45) is 0 Å². The molecule has 0 radical (unpaired) electrons. The van der Waals surface area contributed by atoms with Gasteiger partial charge in [0.05, 0.1) is 13.2 Å². The van der Waals surface area contributed by atoms with Gasteiger partial charge < -0.3 is 9.84 Å². The summed E-state index contributed by atoms with van der Waals surface area (Å²) in [7, 11) is 0. The first kappa shape index (κ1) is 9.69. The average Bonchev–Trinajstić information content (AvgIpc) is 2.13. The molecule has 0 unspecified atom stereocenters. The van der Waals surface area contributed by atoms with Crippen LogP contribution in [0.25, 0.3) is 0 Å². The van der Waals surface area contributed by atoms with Crippen molar-refractivity contribution in [2.45, 2.75) is 18.8 Å². The number of aryl methyl sites for hydroxylation is 1. The number of aliphatic hydroxyl groups is 1. The molecule has 14 heavy (non-hydrogen) atoms. The fraction of sp³-hybridized carbons (Fsp3) is 0.500. The molecule has 2 heteroatoms. The smallest absolute Gasteiger partial charge is 0.0557 e. The third-order valence-electron chi connectivity index (χ3n) is 2.68. The van der Waals surface area contributed by atoms with Crippen molar-refractivity contribution in [3.63, 3.8) is 0 Å². The maximum absolute atomic E-state index is 8.74. The van der Waals surface area contributed by atoms with Gasteiger partial charge in [-0.15, -0.1) is 0 Å². The Labute approximate surface area is 84.5 Å². The van der Waals surface area contributed by atoms with Crippen LogP contribution in [0.3, 0.4) is 0 Å². The van der Waals surface area contributed by atoms with Crippen LogP contribution in [0.5, 0.6) is 0 Å². The Kier molecular flexibility index (Phi) is 3.17. The van der Waals surface area contributed by atoms with Crippen LogP contribution in [-0.2, 0) is 11.2 Å². The van der Waals surface area contributed by atoms with Crippen LogP contribution in [0.15, 0.2) is 24.3 Å². The molecule has 0 atom stereocenters. The van der Waals surface area contributed by atoms with Crippen LogP contribution < -0.4 is 0 Å². The van der Waals surface area contributed by atoms with E-state index in [0.717, 1.165) is 26.1 Å². The quantitative estimate of drug-likeness (QED) is 0.787. The first-order valence-electron chi connectivity index (χ1n) is 5.17. The highest BCUT2D eigenvalue weighted by molar-refractivity contribution is 5.27. The van der Waals surface area contributed by atoms with E-state index in [-0.39, 0.29) is 6.61 Å². The fourth-order valence-electron chi connectivity index (χ4n) is 1.71. The Morgan fingerprint density at radius 3 is 2.86 bits per heavy atom. The summed E-state index contributed by atoms with van der Waals surface area (Å²) in [5, 5.41) is 8.74. The highest BCUT2D eigenvalue weighted by Crippen LogP contribution is 2.24. The van der Waals surface area contributed by atoms with Crippen LogP contribution in [0.4, 0.5) is 0 Å². The molecule has 1 aromatic carbocycles. The Hall–Kier alpha value is -0.860. The molecule has 2 rings (SSSR count). The lowest BCUT2D eigenvalue weighted by molar-refractivity contribution is 0.00839. The van der Waals surface area contributed by atoms with Crippen LogP contribution in [0.1, 0.15) is 23.5 Å². The van der Waals surface area contributed by atoms with Gasteiger partial charge in [0.2, 0.25) is 0 Å². The summed E-state index contributed by atoms with van der Waals surface area (Å²) < 4.78 is 5.17. The summed E-state index contributed by atoms with van der Waals surface area (Å²) in [6, 6.07) is 8.62. The minimum atomic E-state index is 0.275. The van der Waals surface area contributed by atoms with E-state index in [2.05, 4.69) is 24.3 Å². The number of ether oxygens (including phenoxy) is 1. The molecule has 1 aliphatic rings. The Morgan fingerprint density at radius 2 is 2.21 bits per heavy atom. The zero-order valence-corrected chi connectivity index (χ0v) is 8.28. The number of hydrogen-bond acceptors (Lipinski definition) is 2. The molecule has 76 valence electrons. The molecule has 2 nitrogen and oxygen atoms in total. The molecule has 0 bridgehead atoms. The summed E-state index contributed by atoms with van der Waals surface area (Å²) in [6.45, 7) is 2.00. The van der Waals surface area contributed by atoms with E-state index >= 15 is 0 Å². The Balaban J connectivity index is 2.02. The van der Waals surface area contributed by atoms with Crippen LogP contribution >= 0.6 is 0 Å². The average molecular weight is 192 g/mol. The lowest BCUT2D eigenvalue weighted by Crippen LogP contribution is -2.25. The second-order valence-electron chi connectivity index (χ2n) is 3.81. The lowest BCUT2D eigenvalue weighted by atomic mass is 9.95. The fourth-order valence-corrected chi connectivity index (χ4v) is 1.71. The van der Waals surface area contributed by atoms with Crippen LogP contribution in [-0.4, -0.2) is 24.9 Å². The van der Waals surface area contributed by atoms with E-state index in [9.17, 15) is 0 Å². The second-order valence-corrected chi connectivity index (χ2v) is 3.81. The molecule has 1 aromatic rings. The Morgan fingerprint density at radius 1 is 1.36 bits per heavy atom. The van der Waals surface area contributed by atoms with E-state index in [1.807, 2.05) is 0 Å². The molecular weight excluding hydrogens is 176 g/mol. The van der Waals surface area contributed by atoms with Gasteiger partial charge in [-0.1, -0.05) is 24.3 Å². The minimum Gasteiger partial charge on any atom is -0.396 e.